The molecule has 0 saturated heterocycles. The Balaban J connectivity index is 2.61. The molecule has 6 N–H and O–H groups in total. The van der Waals surface area contributed by atoms with Crippen molar-refractivity contribution in [2.24, 2.45) is 0 Å². The predicted octanol–water partition coefficient (Wildman–Crippen LogP) is 1.29. The van der Waals surface area contributed by atoms with Gasteiger partial charge < -0.3 is 30.6 Å². The van der Waals surface area contributed by atoms with Crippen LogP contribution >= 0.6 is 0 Å². The molecule has 2 aromatic rings. The molecule has 0 amide bonds. The molecule has 0 saturated carbocycles. The lowest BCUT2D eigenvalue weighted by molar-refractivity contribution is 0.103. The van der Waals surface area contributed by atoms with Crippen LogP contribution in [0.3, 0.4) is 0 Å². The molecule has 0 bridgehead atoms. The summed E-state index contributed by atoms with van der Waals surface area (Å²) in [6.45, 7) is 0. The van der Waals surface area contributed by atoms with Gasteiger partial charge in [-0.3, -0.25) is 4.79 Å². The zero-order chi connectivity index (χ0) is 15.9. The second-order valence-electron chi connectivity index (χ2n) is 4.15. The van der Waals surface area contributed by atoms with E-state index < -0.39 is 51.7 Å². The van der Waals surface area contributed by atoms with Crippen molar-refractivity contribution in [2.45, 2.75) is 0 Å². The molecule has 0 unspecified atom stereocenters. The molecule has 8 heteroatoms. The van der Waals surface area contributed by atoms with Crippen molar-refractivity contribution in [1.29, 1.82) is 0 Å². The van der Waals surface area contributed by atoms with E-state index in [-0.39, 0.29) is 5.56 Å². The summed E-state index contributed by atoms with van der Waals surface area (Å²) >= 11 is 0. The Morgan fingerprint density at radius 3 is 1.81 bits per heavy atom. The van der Waals surface area contributed by atoms with Crippen LogP contribution in [0, 0.1) is 5.82 Å². The molecule has 21 heavy (non-hydrogen) atoms. The molecule has 0 fully saturated rings. The van der Waals surface area contributed by atoms with Gasteiger partial charge in [0.15, 0.2) is 40.3 Å². The third-order valence-electron chi connectivity index (χ3n) is 2.77. The van der Waals surface area contributed by atoms with Gasteiger partial charge in [0, 0.05) is 5.56 Å². The number of rotatable bonds is 2. The van der Waals surface area contributed by atoms with E-state index in [1.54, 1.807) is 0 Å². The van der Waals surface area contributed by atoms with Crippen LogP contribution in [0.4, 0.5) is 4.39 Å². The maximum atomic E-state index is 13.1. The maximum Gasteiger partial charge on any atom is 0.210 e. The van der Waals surface area contributed by atoms with Crippen molar-refractivity contribution < 1.29 is 39.8 Å². The zero-order valence-corrected chi connectivity index (χ0v) is 10.2. The Bertz CT molecular complexity index is 732. The van der Waals surface area contributed by atoms with E-state index >= 15 is 0 Å². The lowest BCUT2D eigenvalue weighted by Crippen LogP contribution is -2.02. The van der Waals surface area contributed by atoms with Gasteiger partial charge in [-0.15, -0.1) is 0 Å². The molecule has 0 aromatic heterocycles. The van der Waals surface area contributed by atoms with E-state index in [2.05, 4.69) is 0 Å². The van der Waals surface area contributed by atoms with E-state index in [0.717, 1.165) is 12.1 Å². The largest absolute Gasteiger partial charge is 0.505 e. The molecule has 2 aromatic carbocycles. The molecule has 0 aliphatic heterocycles. The number of aromatic hydroxyl groups is 6. The minimum Gasteiger partial charge on any atom is -0.505 e. The molecular formula is C13H9FO7. The molecule has 0 atom stereocenters. The highest BCUT2D eigenvalue weighted by molar-refractivity contribution is 6.12. The summed E-state index contributed by atoms with van der Waals surface area (Å²) in [5, 5.41) is 55.8. The van der Waals surface area contributed by atoms with Crippen LogP contribution in [0.1, 0.15) is 15.9 Å². The van der Waals surface area contributed by atoms with Gasteiger partial charge in [0.1, 0.15) is 0 Å². The fourth-order valence-electron chi connectivity index (χ4n) is 1.69. The highest BCUT2D eigenvalue weighted by Crippen LogP contribution is 2.40. The molecule has 110 valence electrons. The van der Waals surface area contributed by atoms with E-state index in [9.17, 15) is 39.8 Å². The summed E-state index contributed by atoms with van der Waals surface area (Å²) in [6, 6.07) is 2.15. The lowest BCUT2D eigenvalue weighted by atomic mass is 10.0. The third-order valence-corrected chi connectivity index (χ3v) is 2.77. The number of phenols is 6. The number of ketones is 1. The number of benzene rings is 2. The summed E-state index contributed by atoms with van der Waals surface area (Å²) < 4.78 is 13.1. The van der Waals surface area contributed by atoms with Crippen LogP contribution in [0.2, 0.25) is 0 Å². The minimum atomic E-state index is -1.50. The molecule has 0 aliphatic rings. The highest BCUT2D eigenvalue weighted by Gasteiger charge is 2.23. The standard InChI is InChI=1S/C13H9FO7/c14-9-6(15)3-5(11(19)13(9)21)10(18)4-1-7(16)12(20)8(17)2-4/h1-3,15-17,19-21H. The van der Waals surface area contributed by atoms with Crippen molar-refractivity contribution in [3.8, 4) is 34.5 Å². The smallest absolute Gasteiger partial charge is 0.210 e. The second kappa shape index (κ2) is 4.75. The van der Waals surface area contributed by atoms with Crippen LogP contribution in [-0.2, 0) is 0 Å². The number of hydrogen-bond acceptors (Lipinski definition) is 7. The Morgan fingerprint density at radius 2 is 1.29 bits per heavy atom. The lowest BCUT2D eigenvalue weighted by Gasteiger charge is -2.09. The monoisotopic (exact) mass is 296 g/mol. The van der Waals surface area contributed by atoms with Crippen LogP contribution in [0.15, 0.2) is 18.2 Å². The molecule has 7 nitrogen and oxygen atoms in total. The molecule has 0 spiro atoms. The van der Waals surface area contributed by atoms with E-state index in [0.29, 0.717) is 6.07 Å². The third kappa shape index (κ3) is 2.22. The van der Waals surface area contributed by atoms with Gasteiger partial charge in [-0.05, 0) is 18.2 Å². The first-order chi connectivity index (χ1) is 9.73. The first kappa shape index (κ1) is 14.3. The number of halogens is 1. The molecule has 0 radical (unpaired) electrons. The fourth-order valence-corrected chi connectivity index (χ4v) is 1.69. The Kier molecular flexibility index (Phi) is 3.22. The summed E-state index contributed by atoms with van der Waals surface area (Å²) in [5.74, 6) is -8.47. The van der Waals surface area contributed by atoms with Crippen molar-refractivity contribution in [2.75, 3.05) is 0 Å². The fraction of sp³-hybridized carbons (Fsp3) is 0. The first-order valence-electron chi connectivity index (χ1n) is 5.47. The Hall–Kier alpha value is -3.16. The Morgan fingerprint density at radius 1 is 0.762 bits per heavy atom. The second-order valence-corrected chi connectivity index (χ2v) is 4.15. The van der Waals surface area contributed by atoms with Gasteiger partial charge in [-0.25, -0.2) is 0 Å². The van der Waals surface area contributed by atoms with Gasteiger partial charge in [-0.1, -0.05) is 0 Å². The maximum absolute atomic E-state index is 13.1. The van der Waals surface area contributed by atoms with Crippen LogP contribution in [-0.4, -0.2) is 36.4 Å². The van der Waals surface area contributed by atoms with E-state index in [1.165, 1.54) is 0 Å². The normalized spacial score (nSPS) is 10.5. The van der Waals surface area contributed by atoms with Crippen molar-refractivity contribution in [1.82, 2.24) is 0 Å². The zero-order valence-electron chi connectivity index (χ0n) is 10.2. The molecular weight excluding hydrogens is 287 g/mol. The van der Waals surface area contributed by atoms with E-state index in [1.807, 2.05) is 0 Å². The van der Waals surface area contributed by atoms with Crippen LogP contribution < -0.4 is 0 Å². The van der Waals surface area contributed by atoms with Gasteiger partial charge in [-0.2, -0.15) is 4.39 Å². The van der Waals surface area contributed by atoms with Crippen molar-refractivity contribution in [3.05, 3.63) is 35.1 Å². The predicted molar refractivity (Wildman–Crippen MR) is 66.3 cm³/mol. The van der Waals surface area contributed by atoms with Crippen molar-refractivity contribution in [3.63, 3.8) is 0 Å². The molecule has 2 rings (SSSR count). The quantitative estimate of drug-likeness (QED) is 0.279. The van der Waals surface area contributed by atoms with Crippen LogP contribution in [0.25, 0.3) is 0 Å². The van der Waals surface area contributed by atoms with Gasteiger partial charge in [0.25, 0.3) is 0 Å². The van der Waals surface area contributed by atoms with Gasteiger partial charge in [0.05, 0.1) is 5.56 Å². The molecule has 0 aliphatic carbocycles. The van der Waals surface area contributed by atoms with E-state index in [4.69, 9.17) is 0 Å². The van der Waals surface area contributed by atoms with Gasteiger partial charge in [0.2, 0.25) is 5.82 Å². The number of hydrogen-bond donors (Lipinski definition) is 6. The number of carbonyl (C=O) groups is 1. The topological polar surface area (TPSA) is 138 Å². The summed E-state index contributed by atoms with van der Waals surface area (Å²) in [4.78, 5) is 12.1. The average molecular weight is 296 g/mol. The number of carbonyl (C=O) groups excluding carboxylic acids is 1. The average Bonchev–Trinajstić information content (AvgIpc) is 2.45. The summed E-state index contributed by atoms with van der Waals surface area (Å²) in [5.41, 5.74) is -1.03. The highest BCUT2D eigenvalue weighted by atomic mass is 19.1. The summed E-state index contributed by atoms with van der Waals surface area (Å²) in [6.07, 6.45) is 0. The Labute approximate surface area is 116 Å². The summed E-state index contributed by atoms with van der Waals surface area (Å²) in [7, 11) is 0. The number of phenolic OH excluding ortho intramolecular Hbond substituents is 6. The van der Waals surface area contributed by atoms with Gasteiger partial charge >= 0.3 is 0 Å². The minimum absolute atomic E-state index is 0.372. The SMILES string of the molecule is O=C(c1cc(O)c(O)c(O)c1)c1cc(O)c(F)c(O)c1O. The van der Waals surface area contributed by atoms with Crippen molar-refractivity contribution >= 4 is 5.78 Å². The molecule has 0 heterocycles. The van der Waals surface area contributed by atoms with Crippen LogP contribution in [0.5, 0.6) is 34.5 Å². The first-order valence-corrected chi connectivity index (χ1v) is 5.47.